The summed E-state index contributed by atoms with van der Waals surface area (Å²) in [5.74, 6) is 1.22. The Labute approximate surface area is 871 Å². The average molecular weight is 1980 g/mol. The van der Waals surface area contributed by atoms with Crippen molar-refractivity contribution in [3.05, 3.63) is 482 Å². The lowest BCUT2D eigenvalue weighted by molar-refractivity contribution is 0.00578. The van der Waals surface area contributed by atoms with Crippen molar-refractivity contribution in [3.63, 3.8) is 0 Å². The molecule has 0 saturated carbocycles. The summed E-state index contributed by atoms with van der Waals surface area (Å²) in [6, 6.07) is 159. The Morgan fingerprint density at radius 1 is 0.230 bits per heavy atom. The summed E-state index contributed by atoms with van der Waals surface area (Å²) in [6.45, 7) is 8.11. The third-order valence-corrected chi connectivity index (χ3v) is 28.3. The van der Waals surface area contributed by atoms with Gasteiger partial charge in [-0.2, -0.15) is 0 Å². The minimum absolute atomic E-state index is 0. The third-order valence-electron chi connectivity index (χ3n) is 27.3. The third kappa shape index (κ3) is 19.4. The van der Waals surface area contributed by atoms with Crippen LogP contribution >= 0.6 is 34.8 Å². The van der Waals surface area contributed by atoms with E-state index < -0.39 is 18.3 Å². The molecule has 0 atom stereocenters. The van der Waals surface area contributed by atoms with Crippen LogP contribution in [0.2, 0.25) is 15.3 Å². The second-order valence-corrected chi connectivity index (χ2v) is 38.1. The van der Waals surface area contributed by atoms with Crippen LogP contribution in [0.1, 0.15) is 27.7 Å². The van der Waals surface area contributed by atoms with Gasteiger partial charge < -0.3 is 33.5 Å². The molecule has 13 nitrogen and oxygen atoms in total. The molecule has 7 heterocycles. The van der Waals surface area contributed by atoms with Crippen molar-refractivity contribution in [1.29, 1.82) is 0 Å². The van der Waals surface area contributed by atoms with Crippen LogP contribution in [-0.2, 0) is 9.31 Å². The number of fused-ring (bicyclic) bond motifs is 15. The van der Waals surface area contributed by atoms with E-state index >= 15 is 0 Å². The Kier molecular flexibility index (Phi) is 27.5. The zero-order chi connectivity index (χ0) is 98.9. The van der Waals surface area contributed by atoms with E-state index in [1.54, 1.807) is 0 Å². The highest BCUT2D eigenvalue weighted by Crippen LogP contribution is 2.47. The van der Waals surface area contributed by atoms with E-state index in [2.05, 4.69) is 210 Å². The van der Waals surface area contributed by atoms with Crippen LogP contribution in [-0.4, -0.2) is 67.0 Å². The Balaban J connectivity index is 0.000000114. The van der Waals surface area contributed by atoms with Gasteiger partial charge in [0.2, 0.25) is 5.28 Å². The molecule has 0 spiro atoms. The van der Waals surface area contributed by atoms with Gasteiger partial charge in [0.25, 0.3) is 0 Å². The number of nitrogens with zero attached hydrogens (tertiary/aromatic N) is 6. The average Bonchev–Trinajstić information content (AvgIpc) is 1.10. The smallest absolute Gasteiger partial charge is 0.455 e. The quantitative estimate of drug-likeness (QED) is 0.0640. The number of hydrogen-bond acceptors (Lipinski definition) is 11. The van der Waals surface area contributed by atoms with E-state index in [-0.39, 0.29) is 16.2 Å². The summed E-state index contributed by atoms with van der Waals surface area (Å²) in [4.78, 5) is 28.8. The summed E-state index contributed by atoms with van der Waals surface area (Å²) in [5, 5.41) is 17.7. The van der Waals surface area contributed by atoms with Crippen molar-refractivity contribution in [2.75, 3.05) is 0 Å². The number of hydrogen-bond donors (Lipinski definition) is 0. The molecule has 1 aliphatic heterocycles. The molecule has 20 aromatic carbocycles. The number of furan rings is 3. The summed E-state index contributed by atoms with van der Waals surface area (Å²) < 4.78 is 30.9. The first kappa shape index (κ1) is 97.0. The van der Waals surface area contributed by atoms with Crippen LogP contribution in [0.25, 0.3) is 233 Å². The van der Waals surface area contributed by atoms with Crippen LogP contribution < -0.4 is 10.9 Å². The molecule has 148 heavy (non-hydrogen) atoms. The van der Waals surface area contributed by atoms with Crippen molar-refractivity contribution in [1.82, 2.24) is 29.9 Å². The molecule has 18 heteroatoms. The van der Waals surface area contributed by atoms with Gasteiger partial charge in [0.1, 0.15) is 30.2 Å². The summed E-state index contributed by atoms with van der Waals surface area (Å²) in [6.07, 6.45) is 0. The predicted octanol–water partition coefficient (Wildman–Crippen LogP) is 32.9. The van der Waals surface area contributed by atoms with E-state index in [4.69, 9.17) is 85.1 Å². The summed E-state index contributed by atoms with van der Waals surface area (Å²) in [7, 11) is 5.31. The summed E-state index contributed by atoms with van der Waals surface area (Å²) >= 11 is 19.5. The van der Waals surface area contributed by atoms with Crippen molar-refractivity contribution in [2.45, 2.75) is 38.9 Å². The molecule has 0 unspecified atom stereocenters. The minimum Gasteiger partial charge on any atom is -0.455 e. The Hall–Kier alpha value is -17.1. The fraction of sp³-hybridized carbons (Fsp3) is 0.0462. The molecule has 0 aliphatic carbocycles. The molecule has 0 bridgehead atoms. The number of halogens is 3. The Morgan fingerprint density at radius 2 is 0.514 bits per heavy atom. The maximum atomic E-state index is 6.87. The highest BCUT2D eigenvalue weighted by atomic mass is 35.5. The molecule has 0 amide bonds. The minimum atomic E-state index is -0.495. The van der Waals surface area contributed by atoms with Gasteiger partial charge in [-0.05, 0) is 183 Å². The predicted molar refractivity (Wildman–Crippen MR) is 614 cm³/mol. The van der Waals surface area contributed by atoms with Gasteiger partial charge in [0, 0.05) is 87.9 Å². The van der Waals surface area contributed by atoms with E-state index in [0.717, 1.165) is 161 Å². The van der Waals surface area contributed by atoms with Crippen LogP contribution in [0.5, 0.6) is 0 Å². The molecule has 4 N–H and O–H groups in total. The Morgan fingerprint density at radius 3 is 0.899 bits per heavy atom. The molecule has 1 fully saturated rings. The van der Waals surface area contributed by atoms with Crippen molar-refractivity contribution in [3.8, 4) is 124 Å². The van der Waals surface area contributed by atoms with E-state index in [9.17, 15) is 0 Å². The van der Waals surface area contributed by atoms with Crippen molar-refractivity contribution >= 4 is 170 Å². The first-order valence-electron chi connectivity index (χ1n) is 48.4. The number of benzene rings is 20. The monoisotopic (exact) mass is 1980 g/mol. The maximum Gasteiger partial charge on any atom is 0.496 e. The van der Waals surface area contributed by atoms with Gasteiger partial charge in [-0.25, -0.2) is 29.9 Å². The van der Waals surface area contributed by atoms with E-state index in [1.165, 1.54) is 59.8 Å². The zero-order valence-electron chi connectivity index (χ0n) is 81.0. The van der Waals surface area contributed by atoms with Crippen LogP contribution in [0.3, 0.4) is 0 Å². The maximum absolute atomic E-state index is 6.87. The Bertz CT molecular complexity index is 9190. The van der Waals surface area contributed by atoms with Gasteiger partial charge in [-0.1, -0.05) is 423 Å². The normalized spacial score (nSPS) is 12.4. The van der Waals surface area contributed by atoms with Crippen LogP contribution in [0.4, 0.5) is 0 Å². The number of aromatic nitrogens is 6. The molecule has 2 radical (unpaired) electrons. The second kappa shape index (κ2) is 41.9. The summed E-state index contributed by atoms with van der Waals surface area (Å²) in [5.41, 5.74) is 25.2. The van der Waals surface area contributed by atoms with Gasteiger partial charge in [-0.15, -0.1) is 0 Å². The fourth-order valence-electron chi connectivity index (χ4n) is 19.3. The highest BCUT2D eigenvalue weighted by molar-refractivity contribution is 6.66. The molecule has 6 aromatic heterocycles. The lowest BCUT2D eigenvalue weighted by Crippen LogP contribution is -2.41. The first-order chi connectivity index (χ1) is 71.5. The molecular weight excluding hydrogens is 1890 g/mol. The lowest BCUT2D eigenvalue weighted by Gasteiger charge is -2.32. The van der Waals surface area contributed by atoms with E-state index in [0.29, 0.717) is 32.9 Å². The van der Waals surface area contributed by atoms with Crippen LogP contribution in [0.15, 0.2) is 480 Å². The topological polar surface area (TPSA) is 198 Å². The molecule has 712 valence electrons. The zero-order valence-corrected chi connectivity index (χ0v) is 83.2. The van der Waals surface area contributed by atoms with Crippen molar-refractivity contribution in [2.24, 2.45) is 0 Å². The standard InChI is InChI=1S/C48H30N2O.C28H17ClN2O.C20H13B.C18H18BClO3.C16H11ClN2.2H2O/c1-3-13-32(14-4-1)43-30-44(33-15-5-2-6-16-33)50-48(49-43)41-28-27-40-39-21-11-12-22-45(39)51-47(40)46(41)34-25-23-31(24-26-34)42-29-35-17-7-8-18-36(35)37-19-9-10-20-38(37)42;29-26-22(16-15-21-20-13-7-8-14-25(20)32-27(21)26)28-30-23(18-9-3-1-4-10-18)17-24(31-28)19-11-5-2-6-12-19;21-16-11-9-14(10-12-16)20-13-15-5-1-2-6-17(15)18-7-3-4-8-19(18)20;1-17(2)18(3,4)23-19(22-17)13-10-9-12-11-7-5-6-8-14(11)21-16(12)15(13)20;17-16-18-14(12-7-3-1-4-8-12)11-15(19-16)13-9-5-2-6-10-13;;/h1-30H;1-17H;1-13H;5-10H,1-4H3;1-11H;2*1H2. The molecule has 27 rings (SSSR count). The molecule has 1 aliphatic rings. The van der Waals surface area contributed by atoms with Gasteiger partial charge in [0.05, 0.1) is 55.4 Å². The number of para-hydroxylation sites is 3. The molecule has 1 saturated heterocycles. The first-order valence-corrected chi connectivity index (χ1v) is 49.6. The fourth-order valence-corrected chi connectivity index (χ4v) is 20.0. The largest absolute Gasteiger partial charge is 0.496 e. The second-order valence-electron chi connectivity index (χ2n) is 37.0. The SMILES string of the molecule is CC1(C)OB(c2ccc3c(oc4ccccc43)c2Cl)OC1(C)C.Clc1c(-c2nc(-c3ccccc3)cc(-c3ccccc3)n2)ccc2c1oc1ccccc12.Clc1nc(-c2ccccc2)cc(-c2ccccc2)n1.O.O.[B]c1ccc(-c2cc3ccccc3c3ccccc23)cc1.c1ccc(-c2cc(-c3ccccc3)nc(-c3ccc4c(oc5ccccc54)c3-c3ccc(-c4cc5ccccc5c5ccccc45)cc3)n2)cc1. The lowest BCUT2D eigenvalue weighted by atomic mass is 9.78. The highest BCUT2D eigenvalue weighted by Gasteiger charge is 2.52. The van der Waals surface area contributed by atoms with Crippen LogP contribution in [0, 0.1) is 0 Å². The van der Waals surface area contributed by atoms with E-state index in [1.807, 2.05) is 295 Å². The number of rotatable bonds is 12. The van der Waals surface area contributed by atoms with Gasteiger partial charge >= 0.3 is 7.12 Å². The van der Waals surface area contributed by atoms with Gasteiger partial charge in [0.15, 0.2) is 22.8 Å². The molecular formula is C130H93B2Cl3N6O7. The molecule has 26 aromatic rings. The van der Waals surface area contributed by atoms with Gasteiger partial charge in [-0.3, -0.25) is 0 Å². The van der Waals surface area contributed by atoms with Crippen molar-refractivity contribution < 1.29 is 33.5 Å².